The van der Waals surface area contributed by atoms with E-state index in [9.17, 15) is 0 Å². The van der Waals surface area contributed by atoms with E-state index in [0.717, 1.165) is 43.7 Å². The lowest BCUT2D eigenvalue weighted by molar-refractivity contribution is 0.161. The van der Waals surface area contributed by atoms with Gasteiger partial charge in [0.2, 0.25) is 0 Å². The highest BCUT2D eigenvalue weighted by molar-refractivity contribution is 6.42. The summed E-state index contributed by atoms with van der Waals surface area (Å²) in [5, 5.41) is 4.55. The standard InChI is InChI=1S/C13H17Cl2NO/c1-2-10-12(4-3-11(14)13(10)15)17-9-5-7-16-8-6-9/h3-4,9,16H,2,5-8H2,1H3. The van der Waals surface area contributed by atoms with E-state index in [-0.39, 0.29) is 0 Å². The summed E-state index contributed by atoms with van der Waals surface area (Å²) in [6.45, 7) is 4.10. The van der Waals surface area contributed by atoms with Crippen LogP contribution < -0.4 is 10.1 Å². The molecule has 2 rings (SSSR count). The monoisotopic (exact) mass is 273 g/mol. The predicted molar refractivity (Wildman–Crippen MR) is 72.4 cm³/mol. The molecule has 1 aromatic carbocycles. The van der Waals surface area contributed by atoms with Gasteiger partial charge >= 0.3 is 0 Å². The lowest BCUT2D eigenvalue weighted by atomic mass is 10.1. The molecular formula is C13H17Cl2NO. The maximum absolute atomic E-state index is 6.19. The van der Waals surface area contributed by atoms with Gasteiger partial charge < -0.3 is 10.1 Å². The van der Waals surface area contributed by atoms with E-state index in [2.05, 4.69) is 12.2 Å². The summed E-state index contributed by atoms with van der Waals surface area (Å²) >= 11 is 12.2. The summed E-state index contributed by atoms with van der Waals surface area (Å²) in [4.78, 5) is 0. The maximum atomic E-state index is 6.19. The highest BCUT2D eigenvalue weighted by Crippen LogP contribution is 2.34. The number of benzene rings is 1. The van der Waals surface area contributed by atoms with Crippen molar-refractivity contribution in [3.63, 3.8) is 0 Å². The molecule has 2 nitrogen and oxygen atoms in total. The molecule has 4 heteroatoms. The fraction of sp³-hybridized carbons (Fsp3) is 0.538. The van der Waals surface area contributed by atoms with Crippen LogP contribution in [-0.2, 0) is 6.42 Å². The van der Waals surface area contributed by atoms with E-state index in [1.165, 1.54) is 0 Å². The minimum absolute atomic E-state index is 0.291. The van der Waals surface area contributed by atoms with Crippen LogP contribution in [0.3, 0.4) is 0 Å². The minimum atomic E-state index is 0.291. The third-order valence-electron chi connectivity index (χ3n) is 3.09. The van der Waals surface area contributed by atoms with Gasteiger partial charge in [-0.15, -0.1) is 0 Å². The Bertz CT molecular complexity index is 389. The molecule has 0 amide bonds. The molecule has 1 aliphatic heterocycles. The van der Waals surface area contributed by atoms with E-state index in [4.69, 9.17) is 27.9 Å². The van der Waals surface area contributed by atoms with Gasteiger partial charge in [0.25, 0.3) is 0 Å². The Balaban J connectivity index is 2.17. The van der Waals surface area contributed by atoms with Crippen molar-refractivity contribution in [3.8, 4) is 5.75 Å². The van der Waals surface area contributed by atoms with E-state index in [0.29, 0.717) is 16.1 Å². The normalized spacial score (nSPS) is 17.1. The highest BCUT2D eigenvalue weighted by Gasteiger charge is 2.17. The molecule has 0 radical (unpaired) electrons. The second-order valence-corrected chi connectivity index (χ2v) is 5.04. The van der Waals surface area contributed by atoms with Gasteiger partial charge in [-0.25, -0.2) is 0 Å². The summed E-state index contributed by atoms with van der Waals surface area (Å²) in [6.07, 6.45) is 3.21. The Morgan fingerprint density at radius 2 is 2.00 bits per heavy atom. The molecule has 1 aromatic rings. The van der Waals surface area contributed by atoms with Crippen molar-refractivity contribution >= 4 is 23.2 Å². The van der Waals surface area contributed by atoms with Crippen LogP contribution in [0.5, 0.6) is 5.75 Å². The van der Waals surface area contributed by atoms with Gasteiger partial charge in [-0.05, 0) is 44.5 Å². The third kappa shape index (κ3) is 3.06. The number of nitrogens with one attached hydrogen (secondary N) is 1. The topological polar surface area (TPSA) is 21.3 Å². The van der Waals surface area contributed by atoms with Gasteiger partial charge in [0.05, 0.1) is 10.0 Å². The van der Waals surface area contributed by atoms with Gasteiger partial charge in [0, 0.05) is 5.56 Å². The van der Waals surface area contributed by atoms with E-state index in [1.54, 1.807) is 6.07 Å². The van der Waals surface area contributed by atoms with Crippen LogP contribution in [0.15, 0.2) is 12.1 Å². The number of halogens is 2. The number of piperidine rings is 1. The molecule has 1 N–H and O–H groups in total. The molecule has 17 heavy (non-hydrogen) atoms. The molecule has 0 saturated carbocycles. The summed E-state index contributed by atoms with van der Waals surface area (Å²) < 4.78 is 6.03. The fourth-order valence-electron chi connectivity index (χ4n) is 2.11. The Hall–Kier alpha value is -0.440. The van der Waals surface area contributed by atoms with E-state index >= 15 is 0 Å². The molecule has 1 heterocycles. The molecule has 0 unspecified atom stereocenters. The molecule has 0 spiro atoms. The van der Waals surface area contributed by atoms with Crippen molar-refractivity contribution in [2.24, 2.45) is 0 Å². The van der Waals surface area contributed by atoms with Crippen molar-refractivity contribution < 1.29 is 4.74 Å². The zero-order chi connectivity index (χ0) is 12.3. The average Bonchev–Trinajstić information content (AvgIpc) is 2.36. The van der Waals surface area contributed by atoms with Gasteiger partial charge in [-0.3, -0.25) is 0 Å². The molecule has 1 fully saturated rings. The Morgan fingerprint density at radius 3 is 2.65 bits per heavy atom. The molecule has 94 valence electrons. The van der Waals surface area contributed by atoms with Crippen LogP contribution in [0.4, 0.5) is 0 Å². The van der Waals surface area contributed by atoms with Crippen LogP contribution in [0.25, 0.3) is 0 Å². The van der Waals surface area contributed by atoms with Crippen LogP contribution in [0.2, 0.25) is 10.0 Å². The van der Waals surface area contributed by atoms with Crippen molar-refractivity contribution in [2.75, 3.05) is 13.1 Å². The van der Waals surface area contributed by atoms with Gasteiger partial charge in [0.1, 0.15) is 11.9 Å². The second kappa shape index (κ2) is 5.94. The first-order chi connectivity index (χ1) is 8.22. The number of rotatable bonds is 3. The molecule has 0 bridgehead atoms. The summed E-state index contributed by atoms with van der Waals surface area (Å²) in [5.74, 6) is 0.883. The lowest BCUT2D eigenvalue weighted by Gasteiger charge is -2.25. The number of ether oxygens (including phenoxy) is 1. The quantitative estimate of drug-likeness (QED) is 0.907. The fourth-order valence-corrected chi connectivity index (χ4v) is 2.57. The average molecular weight is 274 g/mol. The molecule has 0 aromatic heterocycles. The largest absolute Gasteiger partial charge is 0.490 e. The Labute approximate surface area is 112 Å². The first-order valence-electron chi connectivity index (χ1n) is 6.06. The lowest BCUT2D eigenvalue weighted by Crippen LogP contribution is -2.34. The molecule has 1 saturated heterocycles. The van der Waals surface area contributed by atoms with Crippen molar-refractivity contribution in [1.29, 1.82) is 0 Å². The SMILES string of the molecule is CCc1c(OC2CCNCC2)ccc(Cl)c1Cl. The molecule has 1 aliphatic rings. The minimum Gasteiger partial charge on any atom is -0.490 e. The predicted octanol–water partition coefficient (Wildman–Crippen LogP) is 3.69. The summed E-state index contributed by atoms with van der Waals surface area (Å²) in [7, 11) is 0. The van der Waals surface area contributed by atoms with Gasteiger partial charge in [-0.1, -0.05) is 30.1 Å². The smallest absolute Gasteiger partial charge is 0.124 e. The molecule has 0 atom stereocenters. The highest BCUT2D eigenvalue weighted by atomic mass is 35.5. The zero-order valence-corrected chi connectivity index (χ0v) is 11.4. The number of hydrogen-bond acceptors (Lipinski definition) is 2. The van der Waals surface area contributed by atoms with Crippen LogP contribution >= 0.6 is 23.2 Å². The maximum Gasteiger partial charge on any atom is 0.124 e. The first-order valence-corrected chi connectivity index (χ1v) is 6.82. The van der Waals surface area contributed by atoms with Crippen molar-refractivity contribution in [3.05, 3.63) is 27.7 Å². The summed E-state index contributed by atoms with van der Waals surface area (Å²) in [6, 6.07) is 3.73. The van der Waals surface area contributed by atoms with Crippen LogP contribution in [-0.4, -0.2) is 19.2 Å². The van der Waals surface area contributed by atoms with E-state index < -0.39 is 0 Å². The van der Waals surface area contributed by atoms with Crippen molar-refractivity contribution in [1.82, 2.24) is 5.32 Å². The third-order valence-corrected chi connectivity index (χ3v) is 3.93. The van der Waals surface area contributed by atoms with Crippen LogP contribution in [0.1, 0.15) is 25.3 Å². The van der Waals surface area contributed by atoms with Crippen molar-refractivity contribution in [2.45, 2.75) is 32.3 Å². The Morgan fingerprint density at radius 1 is 1.29 bits per heavy atom. The first kappa shape index (κ1) is 13.0. The second-order valence-electron chi connectivity index (χ2n) is 4.26. The van der Waals surface area contributed by atoms with Crippen LogP contribution in [0, 0.1) is 0 Å². The number of hydrogen-bond donors (Lipinski definition) is 1. The molecular weight excluding hydrogens is 257 g/mol. The summed E-state index contributed by atoms with van der Waals surface area (Å²) in [5.41, 5.74) is 1.01. The Kier molecular flexibility index (Phi) is 4.55. The zero-order valence-electron chi connectivity index (χ0n) is 9.93. The van der Waals surface area contributed by atoms with Gasteiger partial charge in [0.15, 0.2) is 0 Å². The molecule has 0 aliphatic carbocycles. The van der Waals surface area contributed by atoms with E-state index in [1.807, 2.05) is 6.07 Å². The van der Waals surface area contributed by atoms with Gasteiger partial charge in [-0.2, -0.15) is 0 Å².